The third-order valence-electron chi connectivity index (χ3n) is 3.24. The molecule has 2 nitrogen and oxygen atoms in total. The van der Waals surface area contributed by atoms with Gasteiger partial charge < -0.3 is 4.74 Å². The fourth-order valence-corrected chi connectivity index (χ4v) is 2.00. The number of carbonyl (C=O) groups excluding carboxylic acids is 1. The van der Waals surface area contributed by atoms with Crippen LogP contribution < -0.4 is 0 Å². The third-order valence-corrected chi connectivity index (χ3v) is 3.24. The first-order chi connectivity index (χ1) is 9.31. The van der Waals surface area contributed by atoms with Gasteiger partial charge in [0, 0.05) is 6.42 Å². The molecule has 0 N–H and O–H groups in total. The highest BCUT2D eigenvalue weighted by molar-refractivity contribution is 5.72. The highest BCUT2D eigenvalue weighted by atomic mass is 16.5. The Morgan fingerprint density at radius 1 is 0.842 bits per heavy atom. The van der Waals surface area contributed by atoms with E-state index in [1.54, 1.807) is 0 Å². The lowest BCUT2D eigenvalue weighted by Crippen LogP contribution is -1.96. The Morgan fingerprint density at radius 3 is 1.89 bits per heavy atom. The molecule has 0 bridgehead atoms. The van der Waals surface area contributed by atoms with E-state index >= 15 is 0 Å². The highest BCUT2D eigenvalue weighted by Gasteiger charge is 1.93. The van der Waals surface area contributed by atoms with Crippen LogP contribution in [0.3, 0.4) is 0 Å². The average molecular weight is 266 g/mol. The SMILES string of the molecule is CCCCCCCCCCCCC#CCC(=O)OC. The van der Waals surface area contributed by atoms with E-state index in [-0.39, 0.29) is 12.4 Å². The van der Waals surface area contributed by atoms with E-state index < -0.39 is 0 Å². The van der Waals surface area contributed by atoms with Crippen LogP contribution in [0.15, 0.2) is 0 Å². The van der Waals surface area contributed by atoms with E-state index in [2.05, 4.69) is 23.5 Å². The van der Waals surface area contributed by atoms with E-state index in [0.29, 0.717) is 0 Å². The summed E-state index contributed by atoms with van der Waals surface area (Å²) in [6, 6.07) is 0. The first-order valence-corrected chi connectivity index (χ1v) is 7.83. The van der Waals surface area contributed by atoms with Gasteiger partial charge in [-0.2, -0.15) is 0 Å². The molecule has 0 unspecified atom stereocenters. The number of hydrogen-bond acceptors (Lipinski definition) is 2. The van der Waals surface area contributed by atoms with Crippen LogP contribution in [0.4, 0.5) is 0 Å². The van der Waals surface area contributed by atoms with Gasteiger partial charge in [-0.25, -0.2) is 0 Å². The number of esters is 1. The Morgan fingerprint density at radius 2 is 1.37 bits per heavy atom. The molecule has 2 heteroatoms. The number of rotatable bonds is 11. The van der Waals surface area contributed by atoms with Gasteiger partial charge in [-0.15, -0.1) is 5.92 Å². The minimum atomic E-state index is -0.240. The van der Waals surface area contributed by atoms with Crippen molar-refractivity contribution in [1.82, 2.24) is 0 Å². The molecule has 0 aliphatic rings. The topological polar surface area (TPSA) is 26.3 Å². The minimum absolute atomic E-state index is 0.230. The van der Waals surface area contributed by atoms with Crippen LogP contribution >= 0.6 is 0 Å². The van der Waals surface area contributed by atoms with Gasteiger partial charge in [-0.1, -0.05) is 70.6 Å². The average Bonchev–Trinajstić information content (AvgIpc) is 2.43. The van der Waals surface area contributed by atoms with Gasteiger partial charge in [0.2, 0.25) is 0 Å². The molecular weight excluding hydrogens is 236 g/mol. The molecule has 0 spiro atoms. The standard InChI is InChI=1S/C17H30O2/c1-3-4-5-6-7-8-9-10-11-12-13-14-15-16-17(18)19-2/h3-13,16H2,1-2H3. The Kier molecular flexibility index (Phi) is 14.3. The normalized spacial score (nSPS) is 9.79. The Bertz CT molecular complexity index is 260. The predicted molar refractivity (Wildman–Crippen MR) is 80.9 cm³/mol. The molecule has 0 atom stereocenters. The lowest BCUT2D eigenvalue weighted by molar-refractivity contribution is -0.139. The lowest BCUT2D eigenvalue weighted by Gasteiger charge is -2.00. The van der Waals surface area contributed by atoms with Gasteiger partial charge in [0.1, 0.15) is 6.42 Å². The second-order valence-electron chi connectivity index (χ2n) is 5.04. The summed E-state index contributed by atoms with van der Waals surface area (Å²) in [5, 5.41) is 0. The van der Waals surface area contributed by atoms with E-state index in [1.165, 1.54) is 64.9 Å². The first kappa shape index (κ1) is 18.0. The van der Waals surface area contributed by atoms with Gasteiger partial charge in [0.25, 0.3) is 0 Å². The van der Waals surface area contributed by atoms with Gasteiger partial charge in [-0.05, 0) is 6.42 Å². The van der Waals surface area contributed by atoms with E-state index in [4.69, 9.17) is 0 Å². The molecule has 0 radical (unpaired) electrons. The summed E-state index contributed by atoms with van der Waals surface area (Å²) < 4.78 is 4.52. The Hall–Kier alpha value is -0.970. The van der Waals surface area contributed by atoms with Crippen molar-refractivity contribution in [2.45, 2.75) is 84.0 Å². The van der Waals surface area contributed by atoms with Crippen LogP contribution in [0.25, 0.3) is 0 Å². The molecule has 0 aromatic carbocycles. The van der Waals surface area contributed by atoms with Crippen LogP contribution in [0.1, 0.15) is 84.0 Å². The molecule has 0 aliphatic carbocycles. The predicted octanol–water partition coefficient (Wildman–Crippen LogP) is 4.86. The lowest BCUT2D eigenvalue weighted by atomic mass is 10.1. The highest BCUT2D eigenvalue weighted by Crippen LogP contribution is 2.10. The van der Waals surface area contributed by atoms with E-state index in [9.17, 15) is 4.79 Å². The molecule has 110 valence electrons. The number of methoxy groups -OCH3 is 1. The zero-order valence-corrected chi connectivity index (χ0v) is 12.8. The van der Waals surface area contributed by atoms with Crippen molar-refractivity contribution < 1.29 is 9.53 Å². The van der Waals surface area contributed by atoms with Crippen LogP contribution in [0.5, 0.6) is 0 Å². The molecule has 0 heterocycles. The van der Waals surface area contributed by atoms with Crippen molar-refractivity contribution in [1.29, 1.82) is 0 Å². The van der Waals surface area contributed by atoms with Crippen LogP contribution in [-0.4, -0.2) is 13.1 Å². The van der Waals surface area contributed by atoms with Crippen molar-refractivity contribution in [2.75, 3.05) is 7.11 Å². The fraction of sp³-hybridized carbons (Fsp3) is 0.824. The second kappa shape index (κ2) is 15.1. The number of ether oxygens (including phenoxy) is 1. The molecule has 0 amide bonds. The molecular formula is C17H30O2. The maximum atomic E-state index is 10.8. The summed E-state index contributed by atoms with van der Waals surface area (Å²) in [6.07, 6.45) is 14.6. The summed E-state index contributed by atoms with van der Waals surface area (Å²) in [4.78, 5) is 10.8. The van der Waals surface area contributed by atoms with E-state index in [0.717, 1.165) is 12.8 Å². The van der Waals surface area contributed by atoms with Crippen LogP contribution in [0, 0.1) is 11.8 Å². The zero-order valence-electron chi connectivity index (χ0n) is 12.8. The van der Waals surface area contributed by atoms with Gasteiger partial charge >= 0.3 is 5.97 Å². The summed E-state index contributed by atoms with van der Waals surface area (Å²) in [5.74, 6) is 5.63. The maximum absolute atomic E-state index is 10.8. The zero-order chi connectivity index (χ0) is 14.2. The van der Waals surface area contributed by atoms with Crippen molar-refractivity contribution in [3.05, 3.63) is 0 Å². The van der Waals surface area contributed by atoms with E-state index in [1.807, 2.05) is 0 Å². The quantitative estimate of drug-likeness (QED) is 0.303. The van der Waals surface area contributed by atoms with Gasteiger partial charge in [0.05, 0.1) is 7.11 Å². The third kappa shape index (κ3) is 15.0. The monoisotopic (exact) mass is 266 g/mol. The molecule has 0 saturated heterocycles. The number of carbonyl (C=O) groups is 1. The number of hydrogen-bond donors (Lipinski definition) is 0. The van der Waals surface area contributed by atoms with Crippen molar-refractivity contribution >= 4 is 5.97 Å². The molecule has 0 saturated carbocycles. The summed E-state index contributed by atoms with van der Waals surface area (Å²) in [5.41, 5.74) is 0. The van der Waals surface area contributed by atoms with Crippen molar-refractivity contribution in [3.63, 3.8) is 0 Å². The van der Waals surface area contributed by atoms with Crippen molar-refractivity contribution in [2.24, 2.45) is 0 Å². The molecule has 0 aromatic rings. The first-order valence-electron chi connectivity index (χ1n) is 7.83. The second-order valence-corrected chi connectivity index (χ2v) is 5.04. The summed E-state index contributed by atoms with van der Waals surface area (Å²) >= 11 is 0. The molecule has 0 aromatic heterocycles. The number of unbranched alkanes of at least 4 members (excludes halogenated alkanes) is 10. The van der Waals surface area contributed by atoms with Gasteiger partial charge in [-0.3, -0.25) is 4.79 Å². The minimum Gasteiger partial charge on any atom is -0.468 e. The van der Waals surface area contributed by atoms with Crippen molar-refractivity contribution in [3.8, 4) is 11.8 Å². The summed E-state index contributed by atoms with van der Waals surface area (Å²) in [6.45, 7) is 2.26. The molecule has 19 heavy (non-hydrogen) atoms. The Balaban J connectivity index is 3.12. The van der Waals surface area contributed by atoms with Crippen LogP contribution in [0.2, 0.25) is 0 Å². The van der Waals surface area contributed by atoms with Crippen LogP contribution in [-0.2, 0) is 9.53 Å². The smallest absolute Gasteiger partial charge is 0.317 e. The maximum Gasteiger partial charge on any atom is 0.317 e. The molecule has 0 rings (SSSR count). The van der Waals surface area contributed by atoms with Gasteiger partial charge in [0.15, 0.2) is 0 Å². The largest absolute Gasteiger partial charge is 0.468 e. The summed E-state index contributed by atoms with van der Waals surface area (Å²) in [7, 11) is 1.40. The molecule has 0 aliphatic heterocycles. The fourth-order valence-electron chi connectivity index (χ4n) is 2.00. The Labute approximate surface area is 119 Å². The molecule has 0 fully saturated rings.